The molecule has 1 aliphatic heterocycles. The van der Waals surface area contributed by atoms with Gasteiger partial charge >= 0.3 is 0 Å². The average Bonchev–Trinajstić information content (AvgIpc) is 3.20. The van der Waals surface area contributed by atoms with Gasteiger partial charge in [0.2, 0.25) is 5.91 Å². The molecule has 2 atom stereocenters. The van der Waals surface area contributed by atoms with Crippen LogP contribution in [0.15, 0.2) is 95.0 Å². The van der Waals surface area contributed by atoms with Gasteiger partial charge in [-0.1, -0.05) is 126 Å². The molecule has 1 heterocycles. The van der Waals surface area contributed by atoms with Crippen LogP contribution in [-0.2, 0) is 10.5 Å². The molecule has 0 fully saturated rings. The lowest BCUT2D eigenvalue weighted by molar-refractivity contribution is -0.124. The number of aryl methyl sites for hydroxylation is 1. The van der Waals surface area contributed by atoms with E-state index in [4.69, 9.17) is 0 Å². The van der Waals surface area contributed by atoms with Crippen molar-refractivity contribution in [1.29, 1.82) is 0 Å². The van der Waals surface area contributed by atoms with Crippen LogP contribution in [0.5, 0.6) is 0 Å². The van der Waals surface area contributed by atoms with Gasteiger partial charge in [0.05, 0.1) is 6.04 Å². The fourth-order valence-electron chi connectivity index (χ4n) is 4.79. The smallest absolute Gasteiger partial charge is 0.246 e. The summed E-state index contributed by atoms with van der Waals surface area (Å²) in [5, 5.41) is 0. The van der Waals surface area contributed by atoms with Crippen molar-refractivity contribution in [3.8, 4) is 0 Å². The van der Waals surface area contributed by atoms with Crippen molar-refractivity contribution in [1.82, 2.24) is 4.90 Å². The summed E-state index contributed by atoms with van der Waals surface area (Å²) in [6.07, 6.45) is 21.7. The molecule has 1 aromatic rings. The molecule has 232 valence electrons. The van der Waals surface area contributed by atoms with E-state index in [-0.39, 0.29) is 17.4 Å². The van der Waals surface area contributed by atoms with Crippen molar-refractivity contribution < 1.29 is 4.79 Å². The second-order valence-corrected chi connectivity index (χ2v) is 13.4. The minimum atomic E-state index is 0.137. The molecule has 2 rings (SSSR count). The van der Waals surface area contributed by atoms with E-state index in [0.29, 0.717) is 5.92 Å². The van der Waals surface area contributed by atoms with Crippen LogP contribution in [0.4, 0.5) is 0 Å². The van der Waals surface area contributed by atoms with E-state index >= 15 is 0 Å². The third-order valence-corrected chi connectivity index (χ3v) is 9.55. The van der Waals surface area contributed by atoms with Crippen molar-refractivity contribution >= 4 is 17.7 Å². The standard InChI is InChI=1S/C21H29NOS.C18H30/c1-6-7-20(24-14-18-10-8-15(2)9-11-18)17(4)12-19-16(3)13-21(23)22(19)5;1-7-10-13-16(4)14-11-15-17(12-8-2)18(5,6)9-3/h7-11,13,17,19H,6,12,14H2,1-5H3;8,11-13,15H,2,7,9-10,14H2,1,3-6H3/b20-7-;15-11-,16-13+,17-12+/t17-,19?;/m1./s1. The van der Waals surface area contributed by atoms with Gasteiger partial charge in [-0.2, -0.15) is 0 Å². The van der Waals surface area contributed by atoms with E-state index in [9.17, 15) is 4.79 Å². The van der Waals surface area contributed by atoms with Gasteiger partial charge in [0.25, 0.3) is 0 Å². The van der Waals surface area contributed by atoms with E-state index in [0.717, 1.165) is 31.4 Å². The molecule has 0 aromatic heterocycles. The summed E-state index contributed by atoms with van der Waals surface area (Å²) in [5.41, 5.74) is 6.91. The van der Waals surface area contributed by atoms with Crippen LogP contribution in [0.2, 0.25) is 0 Å². The number of benzene rings is 1. The predicted octanol–water partition coefficient (Wildman–Crippen LogP) is 11.6. The highest BCUT2D eigenvalue weighted by Crippen LogP contribution is 2.34. The predicted molar refractivity (Wildman–Crippen MR) is 190 cm³/mol. The van der Waals surface area contributed by atoms with Gasteiger partial charge in [-0.15, -0.1) is 11.8 Å². The topological polar surface area (TPSA) is 20.3 Å². The van der Waals surface area contributed by atoms with Crippen molar-refractivity contribution in [3.63, 3.8) is 0 Å². The molecular formula is C39H59NOS. The summed E-state index contributed by atoms with van der Waals surface area (Å²) in [6.45, 7) is 23.7. The van der Waals surface area contributed by atoms with E-state index in [1.54, 1.807) is 6.08 Å². The Bertz CT molecular complexity index is 1130. The molecule has 0 aliphatic carbocycles. The number of unbranched alkanes of at least 4 members (excludes halogenated alkanes) is 1. The SMILES string of the molecule is C=C/C=C(\C=C/C/C(C)=C/CCC)C(C)(C)CC.CC/C=C(\SCc1ccc(C)cc1)[C@H](C)CC1C(C)=CC(=O)N1C. The molecule has 42 heavy (non-hydrogen) atoms. The minimum Gasteiger partial charge on any atom is -0.335 e. The molecule has 0 bridgehead atoms. The Balaban J connectivity index is 0.000000440. The van der Waals surface area contributed by atoms with E-state index in [1.807, 2.05) is 29.8 Å². The second-order valence-electron chi connectivity index (χ2n) is 12.3. The Morgan fingerprint density at radius 2 is 1.79 bits per heavy atom. The lowest BCUT2D eigenvalue weighted by Gasteiger charge is -2.26. The van der Waals surface area contributed by atoms with Crippen molar-refractivity contribution in [3.05, 3.63) is 106 Å². The largest absolute Gasteiger partial charge is 0.335 e. The zero-order valence-electron chi connectivity index (χ0n) is 28.4. The van der Waals surface area contributed by atoms with Gasteiger partial charge in [-0.3, -0.25) is 4.79 Å². The first-order chi connectivity index (χ1) is 19.9. The number of amides is 1. The zero-order chi connectivity index (χ0) is 31.7. The molecule has 0 saturated heterocycles. The molecule has 1 aromatic carbocycles. The molecule has 0 spiro atoms. The Morgan fingerprint density at radius 1 is 1.12 bits per heavy atom. The maximum Gasteiger partial charge on any atom is 0.246 e. The van der Waals surface area contributed by atoms with Gasteiger partial charge in [-0.25, -0.2) is 0 Å². The summed E-state index contributed by atoms with van der Waals surface area (Å²) in [4.78, 5) is 15.2. The Hall–Kier alpha value is -2.52. The molecule has 1 unspecified atom stereocenters. The fraction of sp³-hybridized carbons (Fsp3) is 0.513. The highest BCUT2D eigenvalue weighted by Gasteiger charge is 2.29. The summed E-state index contributed by atoms with van der Waals surface area (Å²) < 4.78 is 0. The lowest BCUT2D eigenvalue weighted by atomic mass is 9.81. The Kier molecular flexibility index (Phi) is 17.5. The normalized spacial score (nSPS) is 17.3. The highest BCUT2D eigenvalue weighted by atomic mass is 32.2. The molecule has 2 nitrogen and oxygen atoms in total. The zero-order valence-corrected chi connectivity index (χ0v) is 29.2. The first-order valence-corrected chi connectivity index (χ1v) is 16.9. The summed E-state index contributed by atoms with van der Waals surface area (Å²) >= 11 is 1.94. The maximum atomic E-state index is 11.8. The van der Waals surface area contributed by atoms with Gasteiger partial charge in [0.15, 0.2) is 0 Å². The number of nitrogens with zero attached hydrogens (tertiary/aromatic N) is 1. The number of thioether (sulfide) groups is 1. The van der Waals surface area contributed by atoms with E-state index < -0.39 is 0 Å². The number of allylic oxidation sites excluding steroid dienone is 9. The van der Waals surface area contributed by atoms with Gasteiger partial charge in [0.1, 0.15) is 0 Å². The van der Waals surface area contributed by atoms with Crippen LogP contribution < -0.4 is 0 Å². The van der Waals surface area contributed by atoms with Crippen LogP contribution in [0.25, 0.3) is 0 Å². The first-order valence-electron chi connectivity index (χ1n) is 15.9. The van der Waals surface area contributed by atoms with Gasteiger partial charge in [-0.05, 0) is 85.8 Å². The van der Waals surface area contributed by atoms with Gasteiger partial charge in [0, 0.05) is 18.9 Å². The molecule has 0 saturated carbocycles. The monoisotopic (exact) mass is 589 g/mol. The molecule has 3 heteroatoms. The van der Waals surface area contributed by atoms with E-state index in [2.05, 4.69) is 124 Å². The number of likely N-dealkylation sites (N-methyl/N-ethyl adjacent to an activating group) is 1. The molecule has 1 amide bonds. The van der Waals surface area contributed by atoms with Crippen LogP contribution >= 0.6 is 11.8 Å². The van der Waals surface area contributed by atoms with Crippen LogP contribution in [0, 0.1) is 18.3 Å². The minimum absolute atomic E-state index is 0.137. The molecule has 0 N–H and O–H groups in total. The summed E-state index contributed by atoms with van der Waals surface area (Å²) in [6, 6.07) is 9.03. The molecule has 0 radical (unpaired) electrons. The third-order valence-electron chi connectivity index (χ3n) is 8.17. The van der Waals surface area contributed by atoms with Crippen molar-refractivity contribution in [2.24, 2.45) is 11.3 Å². The number of hydrogen-bond acceptors (Lipinski definition) is 2. The number of carbonyl (C=O) groups is 1. The van der Waals surface area contributed by atoms with Crippen LogP contribution in [0.3, 0.4) is 0 Å². The third kappa shape index (κ3) is 13.2. The lowest BCUT2D eigenvalue weighted by Crippen LogP contribution is -2.32. The maximum absolute atomic E-state index is 11.8. The van der Waals surface area contributed by atoms with Crippen LogP contribution in [0.1, 0.15) is 105 Å². The Labute approximate surface area is 263 Å². The number of carbonyl (C=O) groups excluding carboxylic acids is 1. The first kappa shape index (κ1) is 37.5. The van der Waals surface area contributed by atoms with E-state index in [1.165, 1.54) is 45.6 Å². The quantitative estimate of drug-likeness (QED) is 0.150. The number of rotatable bonds is 15. The average molecular weight is 590 g/mol. The van der Waals surface area contributed by atoms with Crippen molar-refractivity contribution in [2.75, 3.05) is 7.05 Å². The molecular weight excluding hydrogens is 531 g/mol. The molecule has 1 aliphatic rings. The Morgan fingerprint density at radius 3 is 2.31 bits per heavy atom. The van der Waals surface area contributed by atoms with Crippen molar-refractivity contribution in [2.45, 2.75) is 113 Å². The summed E-state index contributed by atoms with van der Waals surface area (Å²) in [7, 11) is 1.91. The highest BCUT2D eigenvalue weighted by molar-refractivity contribution is 8.02. The second kappa shape index (κ2) is 19.6. The number of hydrogen-bond donors (Lipinski definition) is 0. The van der Waals surface area contributed by atoms with Crippen LogP contribution in [-0.4, -0.2) is 23.9 Å². The summed E-state index contributed by atoms with van der Waals surface area (Å²) in [5.74, 6) is 1.60. The van der Waals surface area contributed by atoms with Gasteiger partial charge < -0.3 is 4.90 Å². The fourth-order valence-corrected chi connectivity index (χ4v) is 5.98.